The van der Waals surface area contributed by atoms with E-state index in [1.165, 1.54) is 22.7 Å². The van der Waals surface area contributed by atoms with E-state index in [1.54, 1.807) is 33.4 Å². The van der Waals surface area contributed by atoms with E-state index in [0.29, 0.717) is 22.1 Å². The molecule has 0 aliphatic carbocycles. The maximum Gasteiger partial charge on any atom is 0.417 e. The average molecular weight is 855 g/mol. The predicted molar refractivity (Wildman–Crippen MR) is 231 cm³/mol. The first kappa shape index (κ1) is 36.1. The van der Waals surface area contributed by atoms with Gasteiger partial charge in [0.05, 0.1) is 44.6 Å². The number of alkyl halides is 3. The summed E-state index contributed by atoms with van der Waals surface area (Å²) in [5.74, 6) is -11.9. The van der Waals surface area contributed by atoms with Crippen molar-refractivity contribution in [2.75, 3.05) is 0 Å². The summed E-state index contributed by atoms with van der Waals surface area (Å²) in [6.07, 6.45) is -5.34. The molecule has 0 unspecified atom stereocenters. The van der Waals surface area contributed by atoms with E-state index in [9.17, 15) is 4.39 Å². The number of benzene rings is 8. The molecular weight excluding hydrogens is 833 g/mol. The molecule has 0 N–H and O–H groups in total. The highest BCUT2D eigenvalue weighted by Crippen LogP contribution is 2.50. The van der Waals surface area contributed by atoms with Gasteiger partial charge in [-0.1, -0.05) is 84.9 Å². The van der Waals surface area contributed by atoms with Crippen LogP contribution in [0.2, 0.25) is 0 Å². The van der Waals surface area contributed by atoms with Crippen molar-refractivity contribution in [3.8, 4) is 22.5 Å². The lowest BCUT2D eigenvalue weighted by Gasteiger charge is -2.23. The number of hydrogen-bond donors (Lipinski definition) is 0. The van der Waals surface area contributed by atoms with Crippen molar-refractivity contribution in [2.45, 2.75) is 6.18 Å². The van der Waals surface area contributed by atoms with Crippen LogP contribution in [0, 0.1) is 29.1 Å². The van der Waals surface area contributed by atoms with Crippen LogP contribution in [0.5, 0.6) is 0 Å². The summed E-state index contributed by atoms with van der Waals surface area (Å²) in [6, 6.07) is 39.6. The highest BCUT2D eigenvalue weighted by Gasteiger charge is 2.39. The van der Waals surface area contributed by atoms with Gasteiger partial charge in [-0.05, 0) is 48.5 Å². The summed E-state index contributed by atoms with van der Waals surface area (Å²) in [4.78, 5) is 0. The van der Waals surface area contributed by atoms with E-state index in [-0.39, 0.29) is 11.4 Å². The standard InChI is InChI=1S/C49H22F8N2S2/c50-42-41(43(51)45(53)46(54)44(42)52)29-21-33(58-31-13-5-1-9-23(31)25-17-19-37-39(47(25)58)27-11-3-7-15-35(27)60-37)34(22-30(29)49(55,56)57)59-32-14-6-2-10-24(32)26-18-20-38-40(48(26)59)28-12-4-8-16-36(28)61-38/h1-22H. The number of rotatable bonds is 3. The molecule has 0 saturated heterocycles. The van der Waals surface area contributed by atoms with Crippen molar-refractivity contribution in [2.24, 2.45) is 0 Å². The Hall–Kier alpha value is -6.76. The van der Waals surface area contributed by atoms with Crippen molar-refractivity contribution in [1.29, 1.82) is 0 Å². The Kier molecular flexibility index (Phi) is 7.48. The molecule has 0 radical (unpaired) electrons. The molecule has 2 nitrogen and oxygen atoms in total. The Balaban J connectivity index is 1.37. The lowest BCUT2D eigenvalue weighted by Crippen LogP contribution is -2.14. The van der Waals surface area contributed by atoms with Gasteiger partial charge in [0.25, 0.3) is 0 Å². The Bertz CT molecular complexity index is 3860. The average Bonchev–Trinajstić information content (AvgIpc) is 4.02. The van der Waals surface area contributed by atoms with Crippen LogP contribution in [0.15, 0.2) is 133 Å². The van der Waals surface area contributed by atoms with E-state index in [4.69, 9.17) is 0 Å². The molecule has 8 aromatic carbocycles. The summed E-state index contributed by atoms with van der Waals surface area (Å²) in [6.45, 7) is 0. The van der Waals surface area contributed by atoms with E-state index in [0.717, 1.165) is 74.0 Å². The Morgan fingerprint density at radius 3 is 1.28 bits per heavy atom. The second kappa shape index (κ2) is 12.6. The second-order valence-electron chi connectivity index (χ2n) is 14.9. The molecule has 12 heteroatoms. The molecule has 0 aliphatic rings. The fourth-order valence-electron chi connectivity index (χ4n) is 9.25. The van der Waals surface area contributed by atoms with Gasteiger partial charge < -0.3 is 9.13 Å². The summed E-state index contributed by atoms with van der Waals surface area (Å²) in [7, 11) is 0. The molecule has 12 rings (SSSR count). The third kappa shape index (κ3) is 4.88. The Labute approximate surface area is 346 Å². The van der Waals surface area contributed by atoms with Crippen molar-refractivity contribution in [3.05, 3.63) is 168 Å². The molecule has 4 aromatic heterocycles. The van der Waals surface area contributed by atoms with E-state index in [1.807, 2.05) is 97.1 Å². The van der Waals surface area contributed by atoms with Gasteiger partial charge in [0.2, 0.25) is 5.82 Å². The third-order valence-electron chi connectivity index (χ3n) is 11.7. The zero-order chi connectivity index (χ0) is 41.6. The van der Waals surface area contributed by atoms with Crippen LogP contribution in [0.4, 0.5) is 35.1 Å². The van der Waals surface area contributed by atoms with Gasteiger partial charge in [0.1, 0.15) is 0 Å². The second-order valence-corrected chi connectivity index (χ2v) is 17.1. The summed E-state index contributed by atoms with van der Waals surface area (Å²) in [5, 5.41) is 6.24. The molecule has 0 amide bonds. The van der Waals surface area contributed by atoms with Gasteiger partial charge in [-0.2, -0.15) is 13.2 Å². The minimum atomic E-state index is -5.34. The largest absolute Gasteiger partial charge is 0.417 e. The molecule has 0 aliphatic heterocycles. The van der Waals surface area contributed by atoms with Gasteiger partial charge in [-0.3, -0.25) is 0 Å². The topological polar surface area (TPSA) is 9.86 Å². The number of thiophene rings is 2. The van der Waals surface area contributed by atoms with E-state index >= 15 is 30.7 Å². The smallest absolute Gasteiger partial charge is 0.306 e. The first-order valence-corrected chi connectivity index (χ1v) is 20.6. The van der Waals surface area contributed by atoms with Crippen LogP contribution in [0.1, 0.15) is 5.56 Å². The molecular formula is C49H22F8N2S2. The summed E-state index contributed by atoms with van der Waals surface area (Å²) >= 11 is 3.06. The predicted octanol–water partition coefficient (Wildman–Crippen LogP) is 16.0. The van der Waals surface area contributed by atoms with Crippen LogP contribution in [-0.2, 0) is 6.18 Å². The monoisotopic (exact) mass is 854 g/mol. The van der Waals surface area contributed by atoms with Crippen molar-refractivity contribution >= 4 is 107 Å². The van der Waals surface area contributed by atoms with Gasteiger partial charge >= 0.3 is 6.18 Å². The third-order valence-corrected chi connectivity index (χ3v) is 14.0. The van der Waals surface area contributed by atoms with Crippen LogP contribution in [-0.4, -0.2) is 9.13 Å². The highest BCUT2D eigenvalue weighted by atomic mass is 32.1. The van der Waals surface area contributed by atoms with Crippen molar-refractivity contribution < 1.29 is 35.1 Å². The number of aromatic nitrogens is 2. The molecule has 4 heterocycles. The minimum absolute atomic E-state index is 0.0140. The summed E-state index contributed by atoms with van der Waals surface area (Å²) in [5.41, 5.74) is -2.25. The lowest BCUT2D eigenvalue weighted by atomic mass is 9.95. The lowest BCUT2D eigenvalue weighted by molar-refractivity contribution is -0.137. The molecule has 0 fully saturated rings. The van der Waals surface area contributed by atoms with Crippen molar-refractivity contribution in [3.63, 3.8) is 0 Å². The van der Waals surface area contributed by atoms with Gasteiger partial charge in [0.15, 0.2) is 23.3 Å². The Morgan fingerprint density at radius 2 is 0.803 bits per heavy atom. The maximum atomic E-state index is 16.0. The number of para-hydroxylation sites is 2. The molecule has 0 bridgehead atoms. The number of halogens is 8. The fraction of sp³-hybridized carbons (Fsp3) is 0.0204. The van der Waals surface area contributed by atoms with Gasteiger partial charge in [0, 0.05) is 67.5 Å². The van der Waals surface area contributed by atoms with Crippen LogP contribution >= 0.6 is 22.7 Å². The summed E-state index contributed by atoms with van der Waals surface area (Å²) < 4.78 is 131. The quantitative estimate of drug-likeness (QED) is 0.0952. The first-order valence-electron chi connectivity index (χ1n) is 19.0. The number of nitrogens with zero attached hydrogens (tertiary/aromatic N) is 2. The molecule has 0 atom stereocenters. The molecule has 0 spiro atoms. The SMILES string of the molecule is Fc1c(F)c(F)c(-c2cc(-n3c4ccccc4c4ccc5sc6ccccc6c5c43)c(-n3c4ccccc4c4ccc5sc6ccccc6c5c43)cc2C(F)(F)F)c(F)c1F. The Morgan fingerprint density at radius 1 is 0.393 bits per heavy atom. The number of fused-ring (bicyclic) bond motifs is 14. The van der Waals surface area contributed by atoms with Crippen LogP contribution in [0.25, 0.3) is 106 Å². The zero-order valence-corrected chi connectivity index (χ0v) is 32.6. The van der Waals surface area contributed by atoms with E-state index in [2.05, 4.69) is 0 Å². The molecule has 0 saturated carbocycles. The normalized spacial score (nSPS) is 12.6. The van der Waals surface area contributed by atoms with Crippen LogP contribution in [0.3, 0.4) is 0 Å². The fourth-order valence-corrected chi connectivity index (χ4v) is 11.5. The van der Waals surface area contributed by atoms with Gasteiger partial charge in [-0.25, -0.2) is 22.0 Å². The molecule has 12 aromatic rings. The van der Waals surface area contributed by atoms with Gasteiger partial charge in [-0.15, -0.1) is 22.7 Å². The number of hydrogen-bond acceptors (Lipinski definition) is 2. The minimum Gasteiger partial charge on any atom is -0.306 e. The highest BCUT2D eigenvalue weighted by molar-refractivity contribution is 7.26. The maximum absolute atomic E-state index is 16.0. The first-order chi connectivity index (χ1) is 29.5. The zero-order valence-electron chi connectivity index (χ0n) is 30.9. The molecule has 61 heavy (non-hydrogen) atoms. The van der Waals surface area contributed by atoms with Crippen LogP contribution < -0.4 is 0 Å². The van der Waals surface area contributed by atoms with Crippen molar-refractivity contribution in [1.82, 2.24) is 9.13 Å². The molecule has 296 valence electrons. The van der Waals surface area contributed by atoms with E-state index < -0.39 is 52.0 Å².